The maximum Gasteiger partial charge on any atom is 0.209 e. The fourth-order valence-corrected chi connectivity index (χ4v) is 3.21. The highest BCUT2D eigenvalue weighted by atomic mass is 16.1. The summed E-state index contributed by atoms with van der Waals surface area (Å²) < 4.78 is 0. The molecule has 1 heterocycles. The maximum absolute atomic E-state index is 12.4. The van der Waals surface area contributed by atoms with Gasteiger partial charge in [0.15, 0.2) is 5.78 Å². The van der Waals surface area contributed by atoms with Crippen molar-refractivity contribution in [1.82, 2.24) is 10.2 Å². The molecule has 0 aromatic rings. The third kappa shape index (κ3) is 2.92. The van der Waals surface area contributed by atoms with E-state index in [4.69, 9.17) is 5.41 Å². The standard InChI is InChI=1S/C15H23N3O2/c1-11(2)17-14-12(9-16)7-15(8-13(14)20)3-5-18(10-19)6-4-15/h9-11,16-17H,3-8H2,1-2H3. The van der Waals surface area contributed by atoms with Crippen molar-refractivity contribution in [3.05, 3.63) is 11.3 Å². The van der Waals surface area contributed by atoms with Crippen LogP contribution in [0.1, 0.15) is 39.5 Å². The largest absolute Gasteiger partial charge is 0.380 e. The van der Waals surface area contributed by atoms with Gasteiger partial charge in [-0.1, -0.05) is 0 Å². The third-order valence-electron chi connectivity index (χ3n) is 4.32. The Labute approximate surface area is 119 Å². The summed E-state index contributed by atoms with van der Waals surface area (Å²) in [6.07, 6.45) is 5.20. The summed E-state index contributed by atoms with van der Waals surface area (Å²) in [6, 6.07) is 0.190. The molecule has 1 spiro atoms. The van der Waals surface area contributed by atoms with E-state index in [1.807, 2.05) is 13.8 Å². The second-order valence-electron chi connectivity index (χ2n) is 6.26. The number of hydrogen-bond donors (Lipinski definition) is 2. The van der Waals surface area contributed by atoms with E-state index in [1.165, 1.54) is 6.21 Å². The van der Waals surface area contributed by atoms with Crippen LogP contribution in [0, 0.1) is 10.8 Å². The topological polar surface area (TPSA) is 73.3 Å². The molecule has 1 fully saturated rings. The first-order valence-electron chi connectivity index (χ1n) is 7.22. The van der Waals surface area contributed by atoms with E-state index in [-0.39, 0.29) is 17.2 Å². The first-order valence-corrected chi connectivity index (χ1v) is 7.22. The van der Waals surface area contributed by atoms with Gasteiger partial charge >= 0.3 is 0 Å². The van der Waals surface area contributed by atoms with Crippen LogP contribution in [-0.2, 0) is 9.59 Å². The Kier molecular flexibility index (Phi) is 4.26. The number of hydrogen-bond acceptors (Lipinski definition) is 4. The average Bonchev–Trinajstić information content (AvgIpc) is 2.42. The first-order chi connectivity index (χ1) is 9.49. The van der Waals surface area contributed by atoms with Crippen molar-refractivity contribution in [2.24, 2.45) is 5.41 Å². The van der Waals surface area contributed by atoms with Gasteiger partial charge in [-0.2, -0.15) is 0 Å². The van der Waals surface area contributed by atoms with Gasteiger partial charge in [-0.15, -0.1) is 0 Å². The van der Waals surface area contributed by atoms with Gasteiger partial charge in [0.2, 0.25) is 6.41 Å². The number of likely N-dealkylation sites (tertiary alicyclic amines) is 1. The number of carbonyl (C=O) groups is 2. The predicted molar refractivity (Wildman–Crippen MR) is 77.6 cm³/mol. The summed E-state index contributed by atoms with van der Waals surface area (Å²) >= 11 is 0. The number of piperidine rings is 1. The lowest BCUT2D eigenvalue weighted by Crippen LogP contribution is -2.44. The normalized spacial score (nSPS) is 22.4. The minimum atomic E-state index is -0.0500. The molecule has 0 aromatic heterocycles. The van der Waals surface area contributed by atoms with E-state index in [9.17, 15) is 9.59 Å². The van der Waals surface area contributed by atoms with E-state index in [2.05, 4.69) is 5.32 Å². The van der Waals surface area contributed by atoms with Crippen LogP contribution in [0.25, 0.3) is 0 Å². The Balaban J connectivity index is 2.19. The van der Waals surface area contributed by atoms with Crippen molar-refractivity contribution in [2.75, 3.05) is 13.1 Å². The molecule has 2 N–H and O–H groups in total. The van der Waals surface area contributed by atoms with Gasteiger partial charge in [0.05, 0.1) is 5.70 Å². The molecule has 110 valence electrons. The lowest BCUT2D eigenvalue weighted by atomic mass is 9.67. The summed E-state index contributed by atoms with van der Waals surface area (Å²) in [5.41, 5.74) is 1.39. The molecule has 1 aliphatic heterocycles. The molecule has 0 saturated carbocycles. The number of nitrogens with zero attached hydrogens (tertiary/aromatic N) is 1. The maximum atomic E-state index is 12.4. The van der Waals surface area contributed by atoms with Crippen LogP contribution in [0.4, 0.5) is 0 Å². The first kappa shape index (κ1) is 14.8. The lowest BCUT2D eigenvalue weighted by Gasteiger charge is -2.43. The molecule has 0 atom stereocenters. The highest BCUT2D eigenvalue weighted by molar-refractivity contribution is 6.02. The zero-order valence-corrected chi connectivity index (χ0v) is 12.2. The second kappa shape index (κ2) is 5.77. The van der Waals surface area contributed by atoms with Crippen molar-refractivity contribution in [1.29, 1.82) is 5.41 Å². The number of nitrogens with one attached hydrogen (secondary N) is 2. The Hall–Kier alpha value is -1.65. The van der Waals surface area contributed by atoms with E-state index in [0.717, 1.165) is 44.3 Å². The Morgan fingerprint density at radius 1 is 1.30 bits per heavy atom. The lowest BCUT2D eigenvalue weighted by molar-refractivity contribution is -0.122. The molecule has 1 aliphatic carbocycles. The Morgan fingerprint density at radius 2 is 1.95 bits per heavy atom. The SMILES string of the molecule is CC(C)NC1=C(C=N)CC2(CCN(C=O)CC2)CC1=O. The number of allylic oxidation sites excluding steroid dienone is 2. The molecule has 5 heteroatoms. The van der Waals surface area contributed by atoms with Gasteiger partial charge in [0.25, 0.3) is 0 Å². The number of rotatable bonds is 4. The van der Waals surface area contributed by atoms with Crippen LogP contribution in [0.15, 0.2) is 11.3 Å². The molecule has 20 heavy (non-hydrogen) atoms. The quantitative estimate of drug-likeness (QED) is 0.604. The minimum absolute atomic E-state index is 0.0500. The fraction of sp³-hybridized carbons (Fsp3) is 0.667. The number of carbonyl (C=O) groups excluding carboxylic acids is 2. The van der Waals surface area contributed by atoms with E-state index < -0.39 is 0 Å². The summed E-state index contributed by atoms with van der Waals surface area (Å²) in [5.74, 6) is 0.114. The summed E-state index contributed by atoms with van der Waals surface area (Å²) in [4.78, 5) is 25.0. The summed E-state index contributed by atoms with van der Waals surface area (Å²) in [5, 5.41) is 10.8. The van der Waals surface area contributed by atoms with Crippen LogP contribution in [0.5, 0.6) is 0 Å². The zero-order valence-electron chi connectivity index (χ0n) is 12.2. The van der Waals surface area contributed by atoms with Gasteiger partial charge in [0, 0.05) is 31.8 Å². The van der Waals surface area contributed by atoms with E-state index >= 15 is 0 Å². The minimum Gasteiger partial charge on any atom is -0.380 e. The fourth-order valence-electron chi connectivity index (χ4n) is 3.21. The Bertz CT molecular complexity index is 446. The Morgan fingerprint density at radius 3 is 2.45 bits per heavy atom. The van der Waals surface area contributed by atoms with Crippen LogP contribution in [-0.4, -0.2) is 42.4 Å². The molecule has 0 unspecified atom stereocenters. The molecule has 2 aliphatic rings. The number of Topliss-reactive ketones (excluding diaryl/α,β-unsaturated/α-hetero) is 1. The van der Waals surface area contributed by atoms with Gasteiger partial charge in [-0.3, -0.25) is 9.59 Å². The van der Waals surface area contributed by atoms with Crippen molar-refractivity contribution in [3.63, 3.8) is 0 Å². The molecule has 2 rings (SSSR count). The highest BCUT2D eigenvalue weighted by Gasteiger charge is 2.41. The van der Waals surface area contributed by atoms with Crippen LogP contribution in [0.2, 0.25) is 0 Å². The monoisotopic (exact) mass is 277 g/mol. The smallest absolute Gasteiger partial charge is 0.209 e. The van der Waals surface area contributed by atoms with Crippen molar-refractivity contribution in [2.45, 2.75) is 45.6 Å². The van der Waals surface area contributed by atoms with E-state index in [0.29, 0.717) is 12.1 Å². The van der Waals surface area contributed by atoms with Crippen LogP contribution < -0.4 is 5.32 Å². The molecule has 1 saturated heterocycles. The summed E-state index contributed by atoms with van der Waals surface area (Å²) in [6.45, 7) is 5.42. The summed E-state index contributed by atoms with van der Waals surface area (Å²) in [7, 11) is 0. The van der Waals surface area contributed by atoms with Gasteiger partial charge in [-0.05, 0) is 44.1 Å². The highest BCUT2D eigenvalue weighted by Crippen LogP contribution is 2.44. The predicted octanol–water partition coefficient (Wildman–Crippen LogP) is 1.49. The third-order valence-corrected chi connectivity index (χ3v) is 4.32. The molecule has 1 amide bonds. The molecular weight excluding hydrogens is 254 g/mol. The average molecular weight is 277 g/mol. The molecule has 0 aromatic carbocycles. The second-order valence-corrected chi connectivity index (χ2v) is 6.26. The van der Waals surface area contributed by atoms with Crippen molar-refractivity contribution < 1.29 is 9.59 Å². The molecule has 0 radical (unpaired) electrons. The zero-order chi connectivity index (χ0) is 14.8. The van der Waals surface area contributed by atoms with Gasteiger partial charge < -0.3 is 15.6 Å². The van der Waals surface area contributed by atoms with Crippen LogP contribution >= 0.6 is 0 Å². The number of amides is 1. The van der Waals surface area contributed by atoms with Gasteiger partial charge in [-0.25, -0.2) is 0 Å². The molecule has 5 nitrogen and oxygen atoms in total. The number of ketones is 1. The van der Waals surface area contributed by atoms with Crippen molar-refractivity contribution >= 4 is 18.4 Å². The van der Waals surface area contributed by atoms with Gasteiger partial charge in [0.1, 0.15) is 0 Å². The molecule has 0 bridgehead atoms. The van der Waals surface area contributed by atoms with Crippen molar-refractivity contribution in [3.8, 4) is 0 Å². The van der Waals surface area contributed by atoms with E-state index in [1.54, 1.807) is 4.90 Å². The molecular formula is C15H23N3O2. The van der Waals surface area contributed by atoms with Crippen LogP contribution in [0.3, 0.4) is 0 Å².